The van der Waals surface area contributed by atoms with Crippen LogP contribution in [-0.4, -0.2) is 23.9 Å². The van der Waals surface area contributed by atoms with Crippen LogP contribution < -0.4 is 10.1 Å². The Morgan fingerprint density at radius 1 is 1.12 bits per heavy atom. The van der Waals surface area contributed by atoms with E-state index in [4.69, 9.17) is 4.74 Å². The van der Waals surface area contributed by atoms with Crippen molar-refractivity contribution in [3.05, 3.63) is 70.8 Å². The molecule has 1 atom stereocenters. The summed E-state index contributed by atoms with van der Waals surface area (Å²) >= 11 is 0. The molecular formula is C19H17NO4. The van der Waals surface area contributed by atoms with Crippen LogP contribution >= 0.6 is 0 Å². The Labute approximate surface area is 139 Å². The minimum absolute atomic E-state index is 0.0529. The summed E-state index contributed by atoms with van der Waals surface area (Å²) in [6.07, 6.45) is 0. The molecule has 1 unspecified atom stereocenters. The summed E-state index contributed by atoms with van der Waals surface area (Å²) in [6.45, 7) is 1.93. The number of Topliss-reactive ketones (excluding diaryl/α,β-unsaturated/α-hetero) is 1. The first-order chi connectivity index (χ1) is 11.5. The molecule has 5 nitrogen and oxygen atoms in total. The third kappa shape index (κ3) is 2.76. The monoisotopic (exact) mass is 323 g/mol. The number of aryl methyl sites for hydroxylation is 1. The number of carbonyl (C=O) groups is 2. The summed E-state index contributed by atoms with van der Waals surface area (Å²) in [5.74, 6) is -1.03. The number of carbonyl (C=O) groups excluding carboxylic acids is 2. The second kappa shape index (κ2) is 6.20. The Morgan fingerprint density at radius 2 is 1.83 bits per heavy atom. The number of rotatable bonds is 3. The molecule has 5 heteroatoms. The molecule has 1 heterocycles. The van der Waals surface area contributed by atoms with E-state index in [0.717, 1.165) is 5.56 Å². The zero-order valence-electron chi connectivity index (χ0n) is 13.4. The normalized spacial score (nSPS) is 19.2. The first kappa shape index (κ1) is 15.8. The van der Waals surface area contributed by atoms with Crippen LogP contribution in [0.15, 0.2) is 54.1 Å². The van der Waals surface area contributed by atoms with Gasteiger partial charge in [-0.1, -0.05) is 42.0 Å². The van der Waals surface area contributed by atoms with Crippen molar-refractivity contribution < 1.29 is 19.4 Å². The van der Waals surface area contributed by atoms with Crippen molar-refractivity contribution in [1.82, 2.24) is 5.32 Å². The van der Waals surface area contributed by atoms with Crippen LogP contribution in [0.2, 0.25) is 0 Å². The Morgan fingerprint density at radius 3 is 2.50 bits per heavy atom. The number of aliphatic hydroxyl groups excluding tert-OH is 1. The second-order valence-electron chi connectivity index (χ2n) is 5.64. The predicted octanol–water partition coefficient (Wildman–Crippen LogP) is 2.71. The van der Waals surface area contributed by atoms with Crippen LogP contribution in [0.5, 0.6) is 5.75 Å². The molecule has 1 aliphatic rings. The molecule has 0 aromatic heterocycles. The number of methoxy groups -OCH3 is 1. The van der Waals surface area contributed by atoms with Crippen LogP contribution in [0.1, 0.15) is 22.7 Å². The van der Waals surface area contributed by atoms with Crippen LogP contribution in [-0.2, 0) is 9.59 Å². The molecule has 0 spiro atoms. The quantitative estimate of drug-likeness (QED) is 0.517. The highest BCUT2D eigenvalue weighted by molar-refractivity contribution is 6.46. The number of amides is 1. The van der Waals surface area contributed by atoms with Gasteiger partial charge in [0, 0.05) is 5.56 Å². The van der Waals surface area contributed by atoms with Crippen LogP contribution in [0.4, 0.5) is 0 Å². The van der Waals surface area contributed by atoms with Crippen molar-refractivity contribution in [2.45, 2.75) is 13.0 Å². The van der Waals surface area contributed by atoms with E-state index in [1.165, 1.54) is 7.11 Å². The summed E-state index contributed by atoms with van der Waals surface area (Å²) in [7, 11) is 1.54. The minimum Gasteiger partial charge on any atom is -0.507 e. The third-order valence-corrected chi connectivity index (χ3v) is 4.02. The lowest BCUT2D eigenvalue weighted by Crippen LogP contribution is -2.21. The van der Waals surface area contributed by atoms with Crippen molar-refractivity contribution in [3.8, 4) is 5.75 Å². The van der Waals surface area contributed by atoms with Gasteiger partial charge < -0.3 is 15.2 Å². The van der Waals surface area contributed by atoms with E-state index in [2.05, 4.69) is 5.32 Å². The summed E-state index contributed by atoms with van der Waals surface area (Å²) in [5, 5.41) is 13.2. The summed E-state index contributed by atoms with van der Waals surface area (Å²) in [4.78, 5) is 24.1. The van der Waals surface area contributed by atoms with Gasteiger partial charge in [-0.05, 0) is 24.6 Å². The van der Waals surface area contributed by atoms with Gasteiger partial charge in [-0.25, -0.2) is 0 Å². The molecule has 2 aromatic rings. The van der Waals surface area contributed by atoms with Crippen LogP contribution in [0, 0.1) is 6.92 Å². The predicted molar refractivity (Wildman–Crippen MR) is 89.6 cm³/mol. The van der Waals surface area contributed by atoms with E-state index >= 15 is 0 Å². The molecule has 3 rings (SSSR count). The lowest BCUT2D eigenvalue weighted by Gasteiger charge is -2.14. The van der Waals surface area contributed by atoms with Crippen LogP contribution in [0.25, 0.3) is 5.76 Å². The first-order valence-corrected chi connectivity index (χ1v) is 7.50. The van der Waals surface area contributed by atoms with E-state index in [0.29, 0.717) is 16.9 Å². The average molecular weight is 323 g/mol. The molecule has 122 valence electrons. The maximum absolute atomic E-state index is 12.3. The number of aliphatic hydroxyl groups is 1. The molecule has 0 saturated carbocycles. The van der Waals surface area contributed by atoms with E-state index < -0.39 is 17.7 Å². The number of nitrogens with one attached hydrogen (secondary N) is 1. The topological polar surface area (TPSA) is 75.6 Å². The van der Waals surface area contributed by atoms with Gasteiger partial charge in [0.2, 0.25) is 0 Å². The SMILES string of the molecule is COc1cccc(C2NC(=O)C(=O)C2=C(O)c2ccc(C)cc2)c1. The zero-order chi connectivity index (χ0) is 17.3. The molecule has 1 amide bonds. The highest BCUT2D eigenvalue weighted by Crippen LogP contribution is 2.34. The number of benzene rings is 2. The molecule has 0 radical (unpaired) electrons. The van der Waals surface area contributed by atoms with E-state index in [1.807, 2.05) is 19.1 Å². The first-order valence-electron chi connectivity index (χ1n) is 7.50. The van der Waals surface area contributed by atoms with Gasteiger partial charge in [-0.2, -0.15) is 0 Å². The van der Waals surface area contributed by atoms with E-state index in [1.54, 1.807) is 36.4 Å². The molecule has 2 aromatic carbocycles. The summed E-state index contributed by atoms with van der Waals surface area (Å²) in [5.41, 5.74) is 2.25. The Hall–Kier alpha value is -3.08. The highest BCUT2D eigenvalue weighted by atomic mass is 16.5. The Balaban J connectivity index is 2.11. The van der Waals surface area contributed by atoms with Gasteiger partial charge in [0.15, 0.2) is 0 Å². The van der Waals surface area contributed by atoms with E-state index in [9.17, 15) is 14.7 Å². The lowest BCUT2D eigenvalue weighted by atomic mass is 9.95. The summed E-state index contributed by atoms with van der Waals surface area (Å²) in [6, 6.07) is 13.4. The number of hydrogen-bond acceptors (Lipinski definition) is 4. The molecule has 1 aliphatic heterocycles. The van der Waals surface area contributed by atoms with Crippen LogP contribution in [0.3, 0.4) is 0 Å². The highest BCUT2D eigenvalue weighted by Gasteiger charge is 2.39. The number of hydrogen-bond donors (Lipinski definition) is 2. The molecule has 1 saturated heterocycles. The average Bonchev–Trinajstić information content (AvgIpc) is 2.90. The minimum atomic E-state index is -0.725. The maximum atomic E-state index is 12.3. The standard InChI is InChI=1S/C19H17NO4/c1-11-6-8-12(9-7-11)17(21)15-16(20-19(23)18(15)22)13-4-3-5-14(10-13)24-2/h3-10,16,21H,1-2H3,(H,20,23). The maximum Gasteiger partial charge on any atom is 0.293 e. The van der Waals surface area contributed by atoms with Crippen molar-refractivity contribution in [2.75, 3.05) is 7.11 Å². The van der Waals surface area contributed by atoms with E-state index in [-0.39, 0.29) is 11.3 Å². The molecule has 1 fully saturated rings. The summed E-state index contributed by atoms with van der Waals surface area (Å²) < 4.78 is 5.19. The van der Waals surface area contributed by atoms with Crippen molar-refractivity contribution >= 4 is 17.4 Å². The van der Waals surface area contributed by atoms with Crippen molar-refractivity contribution in [2.24, 2.45) is 0 Å². The van der Waals surface area contributed by atoms with Gasteiger partial charge in [0.25, 0.3) is 11.7 Å². The smallest absolute Gasteiger partial charge is 0.293 e. The molecule has 0 bridgehead atoms. The van der Waals surface area contributed by atoms with Gasteiger partial charge in [-0.15, -0.1) is 0 Å². The number of ether oxygens (including phenoxy) is 1. The lowest BCUT2D eigenvalue weighted by molar-refractivity contribution is -0.133. The third-order valence-electron chi connectivity index (χ3n) is 4.02. The fraction of sp³-hybridized carbons (Fsp3) is 0.158. The van der Waals surface area contributed by atoms with Gasteiger partial charge >= 0.3 is 0 Å². The van der Waals surface area contributed by atoms with Gasteiger partial charge in [0.05, 0.1) is 18.7 Å². The fourth-order valence-electron chi connectivity index (χ4n) is 2.70. The molecule has 24 heavy (non-hydrogen) atoms. The zero-order valence-corrected chi connectivity index (χ0v) is 13.4. The second-order valence-corrected chi connectivity index (χ2v) is 5.64. The van der Waals surface area contributed by atoms with Gasteiger partial charge in [0.1, 0.15) is 11.5 Å². The molecule has 2 N–H and O–H groups in total. The van der Waals surface area contributed by atoms with Gasteiger partial charge in [-0.3, -0.25) is 9.59 Å². The van der Waals surface area contributed by atoms with Crippen molar-refractivity contribution in [1.29, 1.82) is 0 Å². The Kier molecular flexibility index (Phi) is 4.08. The molecular weight excluding hydrogens is 306 g/mol. The Bertz CT molecular complexity index is 837. The van der Waals surface area contributed by atoms with Crippen molar-refractivity contribution in [3.63, 3.8) is 0 Å². The molecule has 0 aliphatic carbocycles. The fourth-order valence-corrected chi connectivity index (χ4v) is 2.70. The number of ketones is 1. The largest absolute Gasteiger partial charge is 0.507 e.